The summed E-state index contributed by atoms with van der Waals surface area (Å²) >= 11 is 0. The first-order valence-corrected chi connectivity index (χ1v) is 7.24. The lowest BCUT2D eigenvalue weighted by molar-refractivity contribution is -0.122. The van der Waals surface area contributed by atoms with Crippen molar-refractivity contribution in [1.29, 1.82) is 0 Å². The Labute approximate surface area is 138 Å². The zero-order chi connectivity index (χ0) is 15.5. The molecule has 1 aliphatic carbocycles. The number of rotatable bonds is 7. The lowest BCUT2D eigenvalue weighted by Gasteiger charge is -2.29. The van der Waals surface area contributed by atoms with Crippen molar-refractivity contribution in [2.45, 2.75) is 31.7 Å². The quantitative estimate of drug-likeness (QED) is 0.802. The molecule has 0 aliphatic heterocycles. The minimum Gasteiger partial charge on any atom is -0.497 e. The van der Waals surface area contributed by atoms with Gasteiger partial charge in [0.25, 0.3) is 0 Å². The van der Waals surface area contributed by atoms with Gasteiger partial charge in [0.1, 0.15) is 11.5 Å². The fourth-order valence-electron chi connectivity index (χ4n) is 2.60. The second-order valence-corrected chi connectivity index (χ2v) is 5.80. The molecule has 1 aromatic rings. The summed E-state index contributed by atoms with van der Waals surface area (Å²) in [4.78, 5) is 12.3. The Morgan fingerprint density at radius 3 is 2.55 bits per heavy atom. The van der Waals surface area contributed by atoms with Crippen LogP contribution in [0.25, 0.3) is 0 Å². The van der Waals surface area contributed by atoms with Gasteiger partial charge in [-0.1, -0.05) is 0 Å². The standard InChI is InChI=1S/C16H24N2O3.ClH/c1-16(10-17,12-4-5-12)18-15(19)9-11-8-13(20-2)6-7-14(11)21-3;/h6-8,12H,4-5,9-10,17H2,1-3H3,(H,18,19);1H. The maximum atomic E-state index is 12.3. The van der Waals surface area contributed by atoms with Crippen molar-refractivity contribution in [2.24, 2.45) is 11.7 Å². The molecular formula is C16H25ClN2O3. The van der Waals surface area contributed by atoms with E-state index < -0.39 is 0 Å². The molecule has 3 N–H and O–H groups in total. The van der Waals surface area contributed by atoms with Crippen LogP contribution in [0, 0.1) is 5.92 Å². The van der Waals surface area contributed by atoms with E-state index in [2.05, 4.69) is 5.32 Å². The number of nitrogens with two attached hydrogens (primary N) is 1. The molecule has 0 heterocycles. The number of carbonyl (C=O) groups is 1. The number of hydrogen-bond acceptors (Lipinski definition) is 4. The average molecular weight is 329 g/mol. The largest absolute Gasteiger partial charge is 0.497 e. The maximum Gasteiger partial charge on any atom is 0.225 e. The number of amides is 1. The van der Waals surface area contributed by atoms with E-state index in [0.29, 0.717) is 24.0 Å². The van der Waals surface area contributed by atoms with E-state index in [1.165, 1.54) is 0 Å². The molecule has 1 amide bonds. The van der Waals surface area contributed by atoms with Gasteiger partial charge in [-0.25, -0.2) is 0 Å². The number of methoxy groups -OCH3 is 2. The van der Waals surface area contributed by atoms with E-state index in [9.17, 15) is 4.79 Å². The van der Waals surface area contributed by atoms with Crippen molar-refractivity contribution >= 4 is 18.3 Å². The van der Waals surface area contributed by atoms with Crippen LogP contribution in [0.3, 0.4) is 0 Å². The molecule has 22 heavy (non-hydrogen) atoms. The Morgan fingerprint density at radius 2 is 2.05 bits per heavy atom. The molecule has 1 aliphatic rings. The fourth-order valence-corrected chi connectivity index (χ4v) is 2.60. The van der Waals surface area contributed by atoms with E-state index in [-0.39, 0.29) is 30.3 Å². The smallest absolute Gasteiger partial charge is 0.225 e. The van der Waals surface area contributed by atoms with E-state index in [1.54, 1.807) is 14.2 Å². The Morgan fingerprint density at radius 1 is 1.36 bits per heavy atom. The van der Waals surface area contributed by atoms with Gasteiger partial charge in [-0.3, -0.25) is 4.79 Å². The molecule has 0 aromatic heterocycles. The maximum absolute atomic E-state index is 12.3. The van der Waals surface area contributed by atoms with Gasteiger partial charge in [0.15, 0.2) is 0 Å². The van der Waals surface area contributed by atoms with Crippen LogP contribution in [0.4, 0.5) is 0 Å². The fraction of sp³-hybridized carbons (Fsp3) is 0.562. The number of ether oxygens (including phenoxy) is 2. The first kappa shape index (κ1) is 18.6. The molecule has 1 fully saturated rings. The normalized spacial score (nSPS) is 16.2. The third-order valence-electron chi connectivity index (χ3n) is 4.17. The molecular weight excluding hydrogens is 304 g/mol. The van der Waals surface area contributed by atoms with Crippen LogP contribution in [0.2, 0.25) is 0 Å². The van der Waals surface area contributed by atoms with Gasteiger partial charge in [-0.15, -0.1) is 12.4 Å². The lowest BCUT2D eigenvalue weighted by Crippen LogP contribution is -2.53. The van der Waals surface area contributed by atoms with Crippen molar-refractivity contribution in [3.8, 4) is 11.5 Å². The monoisotopic (exact) mass is 328 g/mol. The lowest BCUT2D eigenvalue weighted by atomic mass is 9.95. The van der Waals surface area contributed by atoms with E-state index in [1.807, 2.05) is 25.1 Å². The molecule has 0 saturated heterocycles. The third-order valence-corrected chi connectivity index (χ3v) is 4.17. The Balaban J connectivity index is 0.00000242. The van der Waals surface area contributed by atoms with Gasteiger partial charge in [0, 0.05) is 12.1 Å². The molecule has 1 atom stereocenters. The van der Waals surface area contributed by atoms with Crippen molar-refractivity contribution < 1.29 is 14.3 Å². The summed E-state index contributed by atoms with van der Waals surface area (Å²) in [6, 6.07) is 5.45. The minimum absolute atomic E-state index is 0. The molecule has 5 nitrogen and oxygen atoms in total. The summed E-state index contributed by atoms with van der Waals surface area (Å²) in [7, 11) is 3.20. The Bertz CT molecular complexity index is 520. The van der Waals surface area contributed by atoms with Crippen LogP contribution < -0.4 is 20.5 Å². The van der Waals surface area contributed by atoms with Crippen LogP contribution in [-0.2, 0) is 11.2 Å². The zero-order valence-electron chi connectivity index (χ0n) is 13.3. The SMILES string of the molecule is COc1ccc(OC)c(CC(=O)NC(C)(CN)C2CC2)c1.Cl. The predicted molar refractivity (Wildman–Crippen MR) is 88.8 cm³/mol. The highest BCUT2D eigenvalue weighted by Gasteiger charge is 2.41. The minimum atomic E-state index is -0.302. The second-order valence-electron chi connectivity index (χ2n) is 5.80. The summed E-state index contributed by atoms with van der Waals surface area (Å²) in [6.45, 7) is 2.48. The highest BCUT2D eigenvalue weighted by Crippen LogP contribution is 2.39. The van der Waals surface area contributed by atoms with Gasteiger partial charge >= 0.3 is 0 Å². The zero-order valence-corrected chi connectivity index (χ0v) is 14.2. The van der Waals surface area contributed by atoms with Gasteiger partial charge in [-0.05, 0) is 43.9 Å². The summed E-state index contributed by atoms with van der Waals surface area (Å²) in [5.74, 6) is 1.86. The van der Waals surface area contributed by atoms with Gasteiger partial charge in [-0.2, -0.15) is 0 Å². The number of hydrogen-bond donors (Lipinski definition) is 2. The second kappa shape index (κ2) is 7.70. The van der Waals surface area contributed by atoms with E-state index in [4.69, 9.17) is 15.2 Å². The number of carbonyl (C=O) groups excluding carboxylic acids is 1. The summed E-state index contributed by atoms with van der Waals surface area (Å²) in [6.07, 6.45) is 2.52. The van der Waals surface area contributed by atoms with E-state index >= 15 is 0 Å². The molecule has 2 rings (SSSR count). The van der Waals surface area contributed by atoms with Crippen molar-refractivity contribution in [1.82, 2.24) is 5.32 Å². The highest BCUT2D eigenvalue weighted by molar-refractivity contribution is 5.85. The third kappa shape index (κ3) is 4.27. The molecule has 1 saturated carbocycles. The van der Waals surface area contributed by atoms with Crippen LogP contribution in [-0.4, -0.2) is 32.2 Å². The van der Waals surface area contributed by atoms with Gasteiger partial charge < -0.3 is 20.5 Å². The van der Waals surface area contributed by atoms with Gasteiger partial charge in [0.05, 0.1) is 26.2 Å². The van der Waals surface area contributed by atoms with Crippen LogP contribution in [0.15, 0.2) is 18.2 Å². The molecule has 0 radical (unpaired) electrons. The highest BCUT2D eigenvalue weighted by atomic mass is 35.5. The van der Waals surface area contributed by atoms with Gasteiger partial charge in [0.2, 0.25) is 5.91 Å². The molecule has 0 bridgehead atoms. The van der Waals surface area contributed by atoms with E-state index in [0.717, 1.165) is 18.4 Å². The van der Waals surface area contributed by atoms with Crippen LogP contribution in [0.1, 0.15) is 25.3 Å². The van der Waals surface area contributed by atoms with Crippen molar-refractivity contribution in [3.05, 3.63) is 23.8 Å². The van der Waals surface area contributed by atoms with Crippen LogP contribution >= 0.6 is 12.4 Å². The molecule has 124 valence electrons. The molecule has 0 spiro atoms. The first-order chi connectivity index (χ1) is 10.0. The Hall–Kier alpha value is -1.46. The predicted octanol–water partition coefficient (Wildman–Crippen LogP) is 1.91. The topological polar surface area (TPSA) is 73.6 Å². The molecule has 1 unspecified atom stereocenters. The first-order valence-electron chi connectivity index (χ1n) is 7.24. The molecule has 1 aromatic carbocycles. The van der Waals surface area contributed by atoms with Crippen molar-refractivity contribution in [2.75, 3.05) is 20.8 Å². The molecule has 6 heteroatoms. The number of nitrogens with one attached hydrogen (secondary N) is 1. The number of benzene rings is 1. The summed E-state index contributed by atoms with van der Waals surface area (Å²) < 4.78 is 10.5. The van der Waals surface area contributed by atoms with Crippen LogP contribution in [0.5, 0.6) is 11.5 Å². The average Bonchev–Trinajstić information content (AvgIpc) is 3.31. The number of halogens is 1. The Kier molecular flexibility index (Phi) is 6.50. The van der Waals surface area contributed by atoms with Crippen molar-refractivity contribution in [3.63, 3.8) is 0 Å². The summed E-state index contributed by atoms with van der Waals surface area (Å²) in [5.41, 5.74) is 6.34. The summed E-state index contributed by atoms with van der Waals surface area (Å²) in [5, 5.41) is 3.08.